The predicted molar refractivity (Wildman–Crippen MR) is 78.8 cm³/mol. The molecule has 0 radical (unpaired) electrons. The van der Waals surface area contributed by atoms with E-state index in [2.05, 4.69) is 43.3 Å². The lowest BCUT2D eigenvalue weighted by atomic mass is 9.79. The van der Waals surface area contributed by atoms with Crippen LogP contribution in [0, 0.1) is 0 Å². The Morgan fingerprint density at radius 3 is 2.35 bits per heavy atom. The van der Waals surface area contributed by atoms with Crippen molar-refractivity contribution >= 4 is 5.91 Å². The van der Waals surface area contributed by atoms with E-state index in [1.807, 2.05) is 0 Å². The summed E-state index contributed by atoms with van der Waals surface area (Å²) in [4.78, 5) is 26.0. The summed E-state index contributed by atoms with van der Waals surface area (Å²) >= 11 is 0. The van der Waals surface area contributed by atoms with Crippen LogP contribution >= 0.6 is 0 Å². The van der Waals surface area contributed by atoms with Gasteiger partial charge in [0.05, 0.1) is 0 Å². The summed E-state index contributed by atoms with van der Waals surface area (Å²) in [5.41, 5.74) is 0.00314. The summed E-state index contributed by atoms with van der Waals surface area (Å²) in [6, 6.07) is 4.70. The number of amides is 1. The maximum atomic E-state index is 12.2. The van der Waals surface area contributed by atoms with E-state index in [0.29, 0.717) is 5.69 Å². The van der Waals surface area contributed by atoms with Gasteiger partial charge in [-0.05, 0) is 46.6 Å². The fraction of sp³-hybridized carbons (Fsp3) is 0.600. The number of nitrogens with one attached hydrogen (secondary N) is 3. The number of aromatic nitrogens is 1. The van der Waals surface area contributed by atoms with Crippen molar-refractivity contribution in [2.24, 2.45) is 0 Å². The van der Waals surface area contributed by atoms with Crippen molar-refractivity contribution in [3.05, 3.63) is 34.2 Å². The molecule has 0 atom stereocenters. The molecular formula is C15H23N3O2. The normalized spacial score (nSPS) is 21.4. The first-order valence-electron chi connectivity index (χ1n) is 6.96. The Balaban J connectivity index is 2.09. The Bertz CT molecular complexity index is 544. The summed E-state index contributed by atoms with van der Waals surface area (Å²) < 4.78 is 0. The van der Waals surface area contributed by atoms with Crippen LogP contribution in [0.1, 0.15) is 51.0 Å². The molecule has 1 aliphatic rings. The van der Waals surface area contributed by atoms with Gasteiger partial charge >= 0.3 is 0 Å². The smallest absolute Gasteiger partial charge is 0.268 e. The largest absolute Gasteiger partial charge is 0.348 e. The third-order valence-corrected chi connectivity index (χ3v) is 3.54. The molecule has 0 aromatic carbocycles. The van der Waals surface area contributed by atoms with Gasteiger partial charge in [0.1, 0.15) is 5.69 Å². The van der Waals surface area contributed by atoms with E-state index in [9.17, 15) is 9.59 Å². The lowest BCUT2D eigenvalue weighted by molar-refractivity contribution is 0.0868. The highest BCUT2D eigenvalue weighted by Gasteiger charge is 2.38. The van der Waals surface area contributed by atoms with E-state index >= 15 is 0 Å². The van der Waals surface area contributed by atoms with Crippen LogP contribution in [0.3, 0.4) is 0 Å². The Kier molecular flexibility index (Phi) is 3.73. The van der Waals surface area contributed by atoms with E-state index in [4.69, 9.17) is 0 Å². The first-order valence-corrected chi connectivity index (χ1v) is 6.96. The average molecular weight is 277 g/mol. The molecule has 0 bridgehead atoms. The van der Waals surface area contributed by atoms with E-state index < -0.39 is 0 Å². The van der Waals surface area contributed by atoms with Crippen molar-refractivity contribution < 1.29 is 4.79 Å². The van der Waals surface area contributed by atoms with Crippen molar-refractivity contribution in [1.29, 1.82) is 0 Å². The standard InChI is InChI=1S/C15H23N3O2/c1-14(2)8-10(9-15(3,4)18-14)16-13(20)11-6-5-7-12(19)17-11/h5-7,10,18H,8-9H2,1-4H3,(H,16,20)(H,17,19). The molecule has 1 aliphatic heterocycles. The molecular weight excluding hydrogens is 254 g/mol. The molecule has 0 unspecified atom stereocenters. The van der Waals surface area contributed by atoms with E-state index in [-0.39, 0.29) is 28.6 Å². The molecule has 1 fully saturated rings. The quantitative estimate of drug-likeness (QED) is 0.765. The number of carbonyl (C=O) groups excluding carboxylic acids is 1. The summed E-state index contributed by atoms with van der Waals surface area (Å²) in [5.74, 6) is -0.221. The van der Waals surface area contributed by atoms with Crippen LogP contribution in [0.4, 0.5) is 0 Å². The molecule has 5 heteroatoms. The van der Waals surface area contributed by atoms with Gasteiger partial charge in [0.25, 0.3) is 5.91 Å². The number of piperidine rings is 1. The van der Waals surface area contributed by atoms with E-state index in [0.717, 1.165) is 12.8 Å². The third kappa shape index (κ3) is 3.70. The number of H-pyrrole nitrogens is 1. The van der Waals surface area contributed by atoms with Gasteiger partial charge in [0.15, 0.2) is 0 Å². The number of carbonyl (C=O) groups is 1. The number of rotatable bonds is 2. The Labute approximate surface area is 119 Å². The highest BCUT2D eigenvalue weighted by Crippen LogP contribution is 2.28. The minimum absolute atomic E-state index is 0.0240. The molecule has 1 aromatic heterocycles. The van der Waals surface area contributed by atoms with Crippen LogP contribution in [-0.2, 0) is 0 Å². The molecule has 3 N–H and O–H groups in total. The fourth-order valence-corrected chi connectivity index (χ4v) is 3.27. The average Bonchev–Trinajstić information content (AvgIpc) is 2.24. The molecule has 0 saturated carbocycles. The Hall–Kier alpha value is -1.62. The molecule has 2 heterocycles. The molecule has 1 saturated heterocycles. The van der Waals surface area contributed by atoms with Crippen molar-refractivity contribution in [3.8, 4) is 0 Å². The molecule has 20 heavy (non-hydrogen) atoms. The highest BCUT2D eigenvalue weighted by molar-refractivity contribution is 5.92. The SMILES string of the molecule is CC1(C)CC(NC(=O)c2cccc(=O)[nH]2)CC(C)(C)N1. The molecule has 1 aromatic rings. The lowest BCUT2D eigenvalue weighted by Gasteiger charge is -2.46. The first kappa shape index (κ1) is 14.8. The summed E-state index contributed by atoms with van der Waals surface area (Å²) in [6.07, 6.45) is 1.72. The monoisotopic (exact) mass is 277 g/mol. The van der Waals surface area contributed by atoms with E-state index in [1.165, 1.54) is 6.07 Å². The van der Waals surface area contributed by atoms with E-state index in [1.54, 1.807) is 12.1 Å². The molecule has 2 rings (SSSR count). The van der Waals surface area contributed by atoms with Gasteiger partial charge in [-0.2, -0.15) is 0 Å². The number of hydrogen-bond donors (Lipinski definition) is 3. The van der Waals surface area contributed by atoms with Gasteiger partial charge in [-0.1, -0.05) is 6.07 Å². The number of hydrogen-bond acceptors (Lipinski definition) is 3. The molecule has 0 aliphatic carbocycles. The Morgan fingerprint density at radius 1 is 1.20 bits per heavy atom. The van der Waals surface area contributed by atoms with Crippen LogP contribution < -0.4 is 16.2 Å². The first-order chi connectivity index (χ1) is 9.17. The van der Waals surface area contributed by atoms with Gasteiger partial charge < -0.3 is 15.6 Å². The van der Waals surface area contributed by atoms with Gasteiger partial charge in [0.2, 0.25) is 5.56 Å². The molecule has 5 nitrogen and oxygen atoms in total. The summed E-state index contributed by atoms with van der Waals surface area (Å²) in [5, 5.41) is 6.60. The summed E-state index contributed by atoms with van der Waals surface area (Å²) in [7, 11) is 0. The second kappa shape index (κ2) is 5.05. The van der Waals surface area contributed by atoms with Crippen LogP contribution in [0.15, 0.2) is 23.0 Å². The van der Waals surface area contributed by atoms with Crippen molar-refractivity contribution in [2.45, 2.75) is 57.7 Å². The molecule has 0 spiro atoms. The minimum atomic E-state index is -0.261. The van der Waals surface area contributed by atoms with Crippen molar-refractivity contribution in [1.82, 2.24) is 15.6 Å². The zero-order valence-corrected chi connectivity index (χ0v) is 12.5. The second-order valence-electron chi connectivity index (χ2n) is 6.90. The third-order valence-electron chi connectivity index (χ3n) is 3.54. The zero-order chi connectivity index (χ0) is 15.0. The molecule has 110 valence electrons. The van der Waals surface area contributed by atoms with Crippen LogP contribution in [-0.4, -0.2) is 28.0 Å². The zero-order valence-electron chi connectivity index (χ0n) is 12.5. The fourth-order valence-electron chi connectivity index (χ4n) is 3.27. The number of aromatic amines is 1. The topological polar surface area (TPSA) is 74.0 Å². The molecule has 1 amide bonds. The Morgan fingerprint density at radius 2 is 1.80 bits per heavy atom. The van der Waals surface area contributed by atoms with Gasteiger partial charge in [-0.15, -0.1) is 0 Å². The van der Waals surface area contributed by atoms with Crippen LogP contribution in [0.5, 0.6) is 0 Å². The predicted octanol–water partition coefficient (Wildman–Crippen LogP) is 1.41. The summed E-state index contributed by atoms with van der Waals surface area (Å²) in [6.45, 7) is 8.55. The lowest BCUT2D eigenvalue weighted by Crippen LogP contribution is -2.62. The maximum absolute atomic E-state index is 12.2. The van der Waals surface area contributed by atoms with Gasteiger partial charge in [0, 0.05) is 23.2 Å². The number of pyridine rings is 1. The van der Waals surface area contributed by atoms with Crippen LogP contribution in [0.2, 0.25) is 0 Å². The second-order valence-corrected chi connectivity index (χ2v) is 6.90. The minimum Gasteiger partial charge on any atom is -0.348 e. The highest BCUT2D eigenvalue weighted by atomic mass is 16.2. The van der Waals surface area contributed by atoms with Crippen molar-refractivity contribution in [3.63, 3.8) is 0 Å². The maximum Gasteiger partial charge on any atom is 0.268 e. The van der Waals surface area contributed by atoms with Crippen molar-refractivity contribution in [2.75, 3.05) is 0 Å². The van der Waals surface area contributed by atoms with Gasteiger partial charge in [-0.3, -0.25) is 9.59 Å². The van der Waals surface area contributed by atoms with Gasteiger partial charge in [-0.25, -0.2) is 0 Å². The van der Waals surface area contributed by atoms with Crippen LogP contribution in [0.25, 0.3) is 0 Å².